The maximum atomic E-state index is 12.0. The summed E-state index contributed by atoms with van der Waals surface area (Å²) in [5.41, 5.74) is 5.41. The fraction of sp³-hybridized carbons (Fsp3) is 0.773. The number of hydrogen-bond donors (Lipinski definition) is 3. The molecule has 0 aromatic carbocycles. The third-order valence-electron chi connectivity index (χ3n) is 15.6. The molecule has 7 aliphatic rings. The summed E-state index contributed by atoms with van der Waals surface area (Å²) in [7, 11) is 0. The van der Waals surface area contributed by atoms with Crippen LogP contribution in [0.4, 0.5) is 0 Å². The van der Waals surface area contributed by atoms with Crippen LogP contribution in [-0.2, 0) is 14.4 Å². The van der Waals surface area contributed by atoms with Crippen LogP contribution in [-0.4, -0.2) is 44.8 Å². The van der Waals surface area contributed by atoms with Crippen molar-refractivity contribution in [3.63, 3.8) is 0 Å². The standard InChI is InChI=1S/C24H37NO4.C20H30O2/c1-15(2)16-6-8-18-17(14-16)7-9-19-23(18,3)12-5-13-24(19,4)22(28)29-25-20(26)10-11-21(25)27;1-13(2)14-6-8-16-15(12-14)7-9-17-19(16,3)10-5-11-20(17,4)18(21)22/h7,14-15,18-20,22,26,28H,5-6,8-13H2,1-4H3;7,12-13,16-17H,5-6,8-11H2,1-4H3,(H,21,22)/t18?,19?,20-,22+,23+,24+;16?,17?,19-,20-/m01/s1. The number of aliphatic hydroxyl groups excluding tert-OH is 2. The Hall–Kier alpha value is -2.22. The van der Waals surface area contributed by atoms with Gasteiger partial charge in [-0.25, -0.2) is 4.84 Å². The van der Waals surface area contributed by atoms with E-state index >= 15 is 0 Å². The second-order valence-corrected chi connectivity index (χ2v) is 19.1. The van der Waals surface area contributed by atoms with Crippen LogP contribution in [0.15, 0.2) is 46.6 Å². The Morgan fingerprint density at radius 1 is 0.784 bits per heavy atom. The molecule has 3 N–H and O–H groups in total. The van der Waals surface area contributed by atoms with Crippen LogP contribution in [0, 0.1) is 57.2 Å². The molecular formula is C44H67NO6. The van der Waals surface area contributed by atoms with Crippen LogP contribution >= 0.6 is 0 Å². The number of hydrogen-bond acceptors (Lipinski definition) is 5. The minimum atomic E-state index is -1.09. The first-order chi connectivity index (χ1) is 24.0. The fourth-order valence-corrected chi connectivity index (χ4v) is 12.3. The van der Waals surface area contributed by atoms with Gasteiger partial charge in [-0.2, -0.15) is 5.06 Å². The number of fused-ring (bicyclic) bond motifs is 6. The predicted octanol–water partition coefficient (Wildman–Crippen LogP) is 9.52. The Balaban J connectivity index is 0.000000183. The highest BCUT2D eigenvalue weighted by atomic mass is 16.8. The number of aliphatic hydroxyl groups is 2. The average Bonchev–Trinajstić information content (AvgIpc) is 3.40. The largest absolute Gasteiger partial charge is 0.481 e. The van der Waals surface area contributed by atoms with Gasteiger partial charge in [0.25, 0.3) is 0 Å². The molecular weight excluding hydrogens is 638 g/mol. The first kappa shape index (κ1) is 38.5. The third kappa shape index (κ3) is 6.64. The molecule has 1 aliphatic heterocycles. The lowest BCUT2D eigenvalue weighted by atomic mass is 9.46. The highest BCUT2D eigenvalue weighted by Crippen LogP contribution is 2.64. The zero-order valence-electron chi connectivity index (χ0n) is 32.8. The van der Waals surface area contributed by atoms with Gasteiger partial charge < -0.3 is 15.3 Å². The van der Waals surface area contributed by atoms with E-state index in [0.29, 0.717) is 30.1 Å². The SMILES string of the molecule is CC(C)C1=CC2=CCC3[C@](C)(CCC[C@@]3(C)C(=O)O)C2CC1.CC(C)C1=CC2=CCC3[C@](C)(CCC[C@@]3(C)[C@H](O)ON3C(=O)CC[C@@H]3O)C2CC1. The van der Waals surface area contributed by atoms with Gasteiger partial charge in [0.05, 0.1) is 5.41 Å². The van der Waals surface area contributed by atoms with Crippen molar-refractivity contribution >= 4 is 11.9 Å². The minimum absolute atomic E-state index is 0.119. The monoisotopic (exact) mass is 705 g/mol. The van der Waals surface area contributed by atoms with Crippen molar-refractivity contribution in [2.45, 2.75) is 158 Å². The number of hydroxylamine groups is 2. The van der Waals surface area contributed by atoms with Gasteiger partial charge in [-0.1, -0.05) is 96.8 Å². The van der Waals surface area contributed by atoms with E-state index in [1.54, 1.807) is 11.1 Å². The Morgan fingerprint density at radius 3 is 1.78 bits per heavy atom. The summed E-state index contributed by atoms with van der Waals surface area (Å²) in [6.45, 7) is 18.0. The van der Waals surface area contributed by atoms with Crippen LogP contribution < -0.4 is 0 Å². The van der Waals surface area contributed by atoms with Gasteiger partial charge in [-0.05, 0) is 129 Å². The molecule has 0 aromatic heterocycles. The van der Waals surface area contributed by atoms with Crippen LogP contribution in [0.1, 0.15) is 145 Å². The topological polar surface area (TPSA) is 107 Å². The first-order valence-electron chi connectivity index (χ1n) is 20.3. The van der Waals surface area contributed by atoms with Gasteiger partial charge in [-0.3, -0.25) is 9.59 Å². The van der Waals surface area contributed by atoms with Gasteiger partial charge in [0, 0.05) is 18.3 Å². The summed E-state index contributed by atoms with van der Waals surface area (Å²) in [4.78, 5) is 29.7. The van der Waals surface area contributed by atoms with Gasteiger partial charge >= 0.3 is 5.97 Å². The maximum absolute atomic E-state index is 12.0. The molecule has 0 bridgehead atoms. The van der Waals surface area contributed by atoms with E-state index in [9.17, 15) is 24.9 Å². The van der Waals surface area contributed by atoms with Crippen molar-refractivity contribution in [3.8, 4) is 0 Å². The number of allylic oxidation sites excluding steroid dienone is 8. The fourth-order valence-electron chi connectivity index (χ4n) is 12.3. The van der Waals surface area contributed by atoms with Crippen LogP contribution in [0.5, 0.6) is 0 Å². The van der Waals surface area contributed by atoms with Crippen LogP contribution in [0.2, 0.25) is 0 Å². The number of carboxylic acids is 1. The molecule has 51 heavy (non-hydrogen) atoms. The summed E-state index contributed by atoms with van der Waals surface area (Å²) in [5, 5.41) is 32.0. The number of carboxylic acid groups (broad SMARTS) is 1. The van der Waals surface area contributed by atoms with E-state index in [-0.39, 0.29) is 35.0 Å². The lowest BCUT2D eigenvalue weighted by Crippen LogP contribution is -2.56. The Bertz CT molecular complexity index is 1490. The smallest absolute Gasteiger partial charge is 0.309 e. The molecule has 1 heterocycles. The van der Waals surface area contributed by atoms with E-state index in [4.69, 9.17) is 4.84 Å². The normalized spacial score (nSPS) is 41.1. The molecule has 3 fully saturated rings. The molecule has 0 aromatic rings. The number of nitrogens with zero attached hydrogens (tertiary/aromatic N) is 1. The third-order valence-corrected chi connectivity index (χ3v) is 15.6. The highest BCUT2D eigenvalue weighted by molar-refractivity contribution is 5.77. The van der Waals surface area contributed by atoms with Crippen molar-refractivity contribution in [2.24, 2.45) is 57.2 Å². The van der Waals surface area contributed by atoms with Crippen LogP contribution in [0.3, 0.4) is 0 Å². The molecule has 7 nitrogen and oxygen atoms in total. The van der Waals surface area contributed by atoms with Crippen molar-refractivity contribution in [2.75, 3.05) is 0 Å². The highest BCUT2D eigenvalue weighted by Gasteiger charge is 2.59. The van der Waals surface area contributed by atoms with Crippen molar-refractivity contribution < 1.29 is 29.7 Å². The molecule has 7 rings (SSSR count). The number of carbonyl (C=O) groups excluding carboxylic acids is 1. The molecule has 2 saturated carbocycles. The summed E-state index contributed by atoms with van der Waals surface area (Å²) >= 11 is 0. The maximum Gasteiger partial charge on any atom is 0.309 e. The van der Waals surface area contributed by atoms with E-state index in [2.05, 4.69) is 72.8 Å². The Labute approximate surface area is 307 Å². The molecule has 0 radical (unpaired) electrons. The molecule has 4 unspecified atom stereocenters. The zero-order valence-corrected chi connectivity index (χ0v) is 32.8. The van der Waals surface area contributed by atoms with Gasteiger partial charge in [0.2, 0.25) is 5.91 Å². The van der Waals surface area contributed by atoms with Crippen molar-refractivity contribution in [3.05, 3.63) is 46.6 Å². The van der Waals surface area contributed by atoms with E-state index < -0.39 is 29.3 Å². The summed E-state index contributed by atoms with van der Waals surface area (Å²) < 4.78 is 0. The van der Waals surface area contributed by atoms with E-state index in [1.165, 1.54) is 36.8 Å². The molecule has 6 aliphatic carbocycles. The van der Waals surface area contributed by atoms with E-state index in [1.807, 2.05) is 6.92 Å². The number of amides is 1. The summed E-state index contributed by atoms with van der Waals surface area (Å²) in [6, 6.07) is 0. The zero-order chi connectivity index (χ0) is 37.1. The predicted molar refractivity (Wildman–Crippen MR) is 201 cm³/mol. The number of carbonyl (C=O) groups is 2. The summed E-state index contributed by atoms with van der Waals surface area (Å²) in [5.74, 6) is 2.05. The molecule has 7 heteroatoms. The van der Waals surface area contributed by atoms with Gasteiger partial charge in [-0.15, -0.1) is 0 Å². The van der Waals surface area contributed by atoms with Gasteiger partial charge in [0.1, 0.15) is 0 Å². The van der Waals surface area contributed by atoms with Crippen molar-refractivity contribution in [1.82, 2.24) is 5.06 Å². The number of aliphatic carboxylic acids is 1. The second-order valence-electron chi connectivity index (χ2n) is 19.1. The molecule has 0 spiro atoms. The van der Waals surface area contributed by atoms with Gasteiger partial charge in [0.15, 0.2) is 12.5 Å². The lowest BCUT2D eigenvalue weighted by Gasteiger charge is -2.59. The molecule has 284 valence electrons. The average molecular weight is 706 g/mol. The molecule has 10 atom stereocenters. The molecule has 1 saturated heterocycles. The molecule has 1 amide bonds. The summed E-state index contributed by atoms with van der Waals surface area (Å²) in [6.07, 6.45) is 21.0. The first-order valence-corrected chi connectivity index (χ1v) is 20.3. The van der Waals surface area contributed by atoms with Crippen molar-refractivity contribution in [1.29, 1.82) is 0 Å². The quantitative estimate of drug-likeness (QED) is 0.238. The second kappa shape index (κ2) is 14.2. The Kier molecular flexibility index (Phi) is 10.7. The van der Waals surface area contributed by atoms with E-state index in [0.717, 1.165) is 56.4 Å². The van der Waals surface area contributed by atoms with Crippen LogP contribution in [0.25, 0.3) is 0 Å². The lowest BCUT2D eigenvalue weighted by molar-refractivity contribution is -0.330. The number of rotatable bonds is 6. The minimum Gasteiger partial charge on any atom is -0.481 e. The Morgan fingerprint density at radius 2 is 1.29 bits per heavy atom.